The molecule has 0 spiro atoms. The Morgan fingerprint density at radius 3 is 1.19 bits per heavy atom. The third kappa shape index (κ3) is 9.16. The lowest BCUT2D eigenvalue weighted by atomic mass is 9.95. The third-order valence-corrected chi connectivity index (χ3v) is 11.3. The average Bonchev–Trinajstić information content (AvgIpc) is 3.17. The van der Waals surface area contributed by atoms with E-state index in [1.165, 1.54) is 14.2 Å². The van der Waals surface area contributed by atoms with Crippen LogP contribution in [0.2, 0.25) is 0 Å². The number of benzene rings is 4. The Morgan fingerprint density at radius 1 is 0.660 bits per heavy atom. The molecule has 10 heteroatoms. The standard InChI is InChI=1S/C19H23O5P.C17H17IO2.CH3F/c1-21-25(20,22-2)15-16-13-23-19(24-14-16,17-9-5-3-6-10-17)18-11-7-4-8-12-18;18-11-14-12-19-17(20-13-14,15-7-3-1-4-8-15)16-9-5-2-6-10-16;1-2/h3-12,16H,13-15H2,1-2H3;1-10,14H,11-13H2;1H3/i;;1D. The smallest absolute Gasteiger partial charge is 0.330 e. The predicted octanol–water partition coefficient (Wildman–Crippen LogP) is 8.61. The lowest BCUT2D eigenvalue weighted by molar-refractivity contribution is -0.264. The minimum Gasteiger partial charge on any atom is -0.342 e. The largest absolute Gasteiger partial charge is 0.342 e. The van der Waals surface area contributed by atoms with Gasteiger partial charge in [0.1, 0.15) is 0 Å². The Labute approximate surface area is 292 Å². The second-order valence-electron chi connectivity index (χ2n) is 11.0. The number of alkyl halides is 2. The first-order chi connectivity index (χ1) is 23.4. The normalized spacial score (nSPS) is 18.1. The van der Waals surface area contributed by atoms with Crippen molar-refractivity contribution >= 4 is 30.2 Å². The van der Waals surface area contributed by atoms with E-state index in [1.54, 1.807) is 0 Å². The van der Waals surface area contributed by atoms with E-state index in [2.05, 4.69) is 46.9 Å². The molecule has 252 valence electrons. The van der Waals surface area contributed by atoms with E-state index in [0.29, 0.717) is 19.1 Å². The van der Waals surface area contributed by atoms with Gasteiger partial charge in [0.05, 0.1) is 41.1 Å². The molecule has 7 nitrogen and oxygen atoms in total. The Bertz CT molecular complexity index is 1420. The fraction of sp³-hybridized carbons (Fsp3) is 0.351. The minimum atomic E-state index is -3.10. The molecule has 2 heterocycles. The fourth-order valence-corrected chi connectivity index (χ4v) is 7.28. The summed E-state index contributed by atoms with van der Waals surface area (Å²) >= 11 is 2.39. The molecule has 0 aliphatic carbocycles. The SMILES string of the molecule is COP(=O)(CC1COC(c2ccccc2)(c2ccccc2)OC1)OC.ICC1COC(c2ccccc2)(c2ccccc2)OC1.[2H]CF. The summed E-state index contributed by atoms with van der Waals surface area (Å²) in [6, 6.07) is 40.1. The van der Waals surface area contributed by atoms with Crippen LogP contribution in [-0.2, 0) is 44.1 Å². The summed E-state index contributed by atoms with van der Waals surface area (Å²) in [5, 5.41) is 0. The van der Waals surface area contributed by atoms with Crippen LogP contribution in [0.1, 0.15) is 23.6 Å². The van der Waals surface area contributed by atoms with Crippen molar-refractivity contribution in [2.45, 2.75) is 11.6 Å². The van der Waals surface area contributed by atoms with Crippen LogP contribution in [-0.4, -0.2) is 58.4 Å². The van der Waals surface area contributed by atoms with Crippen molar-refractivity contribution in [1.82, 2.24) is 0 Å². The van der Waals surface area contributed by atoms with Crippen molar-refractivity contribution in [3.05, 3.63) is 144 Å². The van der Waals surface area contributed by atoms with Gasteiger partial charge in [-0.3, -0.25) is 8.96 Å². The summed E-state index contributed by atoms with van der Waals surface area (Å²) in [6.45, 7) is 2.26. The first kappa shape index (κ1) is 35.8. The molecule has 4 aromatic carbocycles. The second-order valence-corrected chi connectivity index (χ2v) is 14.2. The van der Waals surface area contributed by atoms with E-state index >= 15 is 0 Å². The topological polar surface area (TPSA) is 72.5 Å². The summed E-state index contributed by atoms with van der Waals surface area (Å²) in [7, 11) is -1.30. The summed E-state index contributed by atoms with van der Waals surface area (Å²) in [5.41, 5.74) is 3.97. The van der Waals surface area contributed by atoms with Gasteiger partial charge in [-0.2, -0.15) is 0 Å². The fourth-order valence-electron chi connectivity index (χ4n) is 5.48. The monoisotopic (exact) mass is 777 g/mol. The molecule has 47 heavy (non-hydrogen) atoms. The molecule has 0 unspecified atom stereocenters. The quantitative estimate of drug-likeness (QED) is 0.0958. The Morgan fingerprint density at radius 2 is 0.936 bits per heavy atom. The molecule has 2 aliphatic heterocycles. The minimum absolute atomic E-state index is 0.0636. The van der Waals surface area contributed by atoms with Crippen LogP contribution in [0.25, 0.3) is 0 Å². The lowest BCUT2D eigenvalue weighted by Crippen LogP contribution is -2.43. The highest BCUT2D eigenvalue weighted by Gasteiger charge is 2.43. The van der Waals surface area contributed by atoms with Crippen molar-refractivity contribution < 1.29 is 38.3 Å². The predicted molar refractivity (Wildman–Crippen MR) is 191 cm³/mol. The number of hydrogen-bond acceptors (Lipinski definition) is 7. The molecule has 0 N–H and O–H groups in total. The highest BCUT2D eigenvalue weighted by Crippen LogP contribution is 2.49. The van der Waals surface area contributed by atoms with Gasteiger partial charge < -0.3 is 28.0 Å². The molecular formula is C37H43FIO7P. The highest BCUT2D eigenvalue weighted by atomic mass is 127. The van der Waals surface area contributed by atoms with Gasteiger partial charge in [-0.05, 0) is 0 Å². The zero-order valence-electron chi connectivity index (χ0n) is 27.7. The highest BCUT2D eigenvalue weighted by molar-refractivity contribution is 14.1. The maximum Gasteiger partial charge on any atom is 0.330 e. The van der Waals surface area contributed by atoms with E-state index in [4.69, 9.17) is 29.4 Å². The molecule has 0 amide bonds. The third-order valence-electron chi connectivity index (χ3n) is 7.96. The molecule has 2 saturated heterocycles. The van der Waals surface area contributed by atoms with Gasteiger partial charge in [0, 0.05) is 52.7 Å². The number of hydrogen-bond donors (Lipinski definition) is 0. The Balaban J connectivity index is 0.000000204. The van der Waals surface area contributed by atoms with Gasteiger partial charge >= 0.3 is 7.60 Å². The van der Waals surface area contributed by atoms with E-state index < -0.39 is 26.3 Å². The van der Waals surface area contributed by atoms with Gasteiger partial charge in [0.15, 0.2) is 0 Å². The van der Waals surface area contributed by atoms with Crippen LogP contribution in [0.5, 0.6) is 0 Å². The summed E-state index contributed by atoms with van der Waals surface area (Å²) in [4.78, 5) is 0. The van der Waals surface area contributed by atoms with Gasteiger partial charge in [0.2, 0.25) is 11.6 Å². The van der Waals surface area contributed by atoms with Crippen LogP contribution < -0.4 is 0 Å². The van der Waals surface area contributed by atoms with Crippen molar-refractivity contribution in [3.8, 4) is 0 Å². The van der Waals surface area contributed by atoms with Crippen LogP contribution in [0.15, 0.2) is 121 Å². The van der Waals surface area contributed by atoms with Gasteiger partial charge in [0.25, 0.3) is 0 Å². The number of ether oxygens (including phenoxy) is 4. The first-order valence-electron chi connectivity index (χ1n) is 16.0. The van der Waals surface area contributed by atoms with Crippen LogP contribution >= 0.6 is 30.2 Å². The number of rotatable bonds is 9. The van der Waals surface area contributed by atoms with Gasteiger partial charge in [-0.25, -0.2) is 0 Å². The molecule has 0 saturated carbocycles. The maximum absolute atomic E-state index is 12.4. The molecule has 2 aliphatic rings. The number of halogens is 2. The molecular weight excluding hydrogens is 733 g/mol. The summed E-state index contributed by atoms with van der Waals surface area (Å²) in [5.74, 6) is -1.31. The van der Waals surface area contributed by atoms with Crippen molar-refractivity contribution in [2.75, 3.05) is 58.4 Å². The summed E-state index contributed by atoms with van der Waals surface area (Å²) < 4.78 is 63.9. The van der Waals surface area contributed by atoms with E-state index in [0.717, 1.165) is 39.9 Å². The molecule has 2 fully saturated rings. The van der Waals surface area contributed by atoms with Crippen LogP contribution in [0.3, 0.4) is 0 Å². The molecule has 6 rings (SSSR count). The zero-order chi connectivity index (χ0) is 34.3. The molecule has 4 aromatic rings. The van der Waals surface area contributed by atoms with Gasteiger partial charge in [-0.1, -0.05) is 144 Å². The maximum atomic E-state index is 12.4. The average molecular weight is 778 g/mol. The van der Waals surface area contributed by atoms with E-state index in [-0.39, 0.29) is 12.1 Å². The Hall–Kier alpha value is -2.47. The van der Waals surface area contributed by atoms with E-state index in [1.807, 2.05) is 97.1 Å². The van der Waals surface area contributed by atoms with Crippen molar-refractivity contribution in [2.24, 2.45) is 11.8 Å². The van der Waals surface area contributed by atoms with Crippen molar-refractivity contribution in [3.63, 3.8) is 0 Å². The van der Waals surface area contributed by atoms with E-state index in [9.17, 15) is 8.96 Å². The molecule has 0 aromatic heterocycles. The molecule has 0 radical (unpaired) electrons. The second kappa shape index (κ2) is 18.3. The lowest BCUT2D eigenvalue weighted by Gasteiger charge is -2.41. The van der Waals surface area contributed by atoms with Gasteiger partial charge in [-0.15, -0.1) is 0 Å². The van der Waals surface area contributed by atoms with Crippen molar-refractivity contribution in [1.29, 1.82) is 0 Å². The Kier molecular flexibility index (Phi) is 14.0. The zero-order valence-corrected chi connectivity index (χ0v) is 29.8. The molecule has 0 atom stereocenters. The molecule has 0 bridgehead atoms. The first-order valence-corrected chi connectivity index (χ1v) is 18.5. The summed E-state index contributed by atoms with van der Waals surface area (Å²) in [6.07, 6.45) is 0.264. The van der Waals surface area contributed by atoms with Crippen LogP contribution in [0, 0.1) is 11.8 Å². The van der Waals surface area contributed by atoms with Crippen LogP contribution in [0.4, 0.5) is 4.39 Å².